The van der Waals surface area contributed by atoms with Gasteiger partial charge in [0.2, 0.25) is 0 Å². The van der Waals surface area contributed by atoms with Crippen molar-refractivity contribution in [3.63, 3.8) is 0 Å². The molecular weight excluding hydrogens is 380 g/mol. The smallest absolute Gasteiger partial charge is 0.333 e. The van der Waals surface area contributed by atoms with Crippen LogP contribution in [0.1, 0.15) is 67.7 Å². The lowest BCUT2D eigenvalue weighted by atomic mass is 9.35. The second-order valence-electron chi connectivity index (χ2n) is 10.1. The number of hydrogen-bond donors (Lipinski definition) is 0. The number of fused-ring (bicyclic) bond motifs is 1. The molecular formula is C25H36O5. The summed E-state index contributed by atoms with van der Waals surface area (Å²) in [7, 11) is 0. The summed E-state index contributed by atoms with van der Waals surface area (Å²) >= 11 is 0. The lowest BCUT2D eigenvalue weighted by Crippen LogP contribution is -2.71. The molecule has 0 aromatic heterocycles. The molecule has 3 fully saturated rings. The Kier molecular flexibility index (Phi) is 6.05. The van der Waals surface area contributed by atoms with Crippen LogP contribution in [0, 0.1) is 34.5 Å². The Morgan fingerprint density at radius 2 is 1.67 bits per heavy atom. The molecule has 0 unspecified atom stereocenters. The summed E-state index contributed by atoms with van der Waals surface area (Å²) in [5, 5.41) is 0. The molecule has 7 atom stereocenters. The molecule has 4 bridgehead atoms. The number of esters is 2. The first kappa shape index (κ1) is 22.8. The van der Waals surface area contributed by atoms with Crippen LogP contribution in [0.25, 0.3) is 0 Å². The van der Waals surface area contributed by atoms with Crippen LogP contribution < -0.4 is 0 Å². The maximum absolute atomic E-state index is 13.1. The van der Waals surface area contributed by atoms with Gasteiger partial charge in [0.25, 0.3) is 0 Å². The molecule has 5 heteroatoms. The Balaban J connectivity index is 1.92. The highest BCUT2D eigenvalue weighted by Crippen LogP contribution is 2.73. The first-order valence-electron chi connectivity index (χ1n) is 11.2. The van der Waals surface area contributed by atoms with Crippen molar-refractivity contribution in [2.45, 2.75) is 73.8 Å². The lowest BCUT2D eigenvalue weighted by molar-refractivity contribution is -0.239. The van der Waals surface area contributed by atoms with Crippen LogP contribution in [0.4, 0.5) is 0 Å². The Hall–Kier alpha value is -1.91. The molecule has 3 rings (SSSR count). The summed E-state index contributed by atoms with van der Waals surface area (Å²) in [6, 6.07) is 0. The van der Waals surface area contributed by atoms with E-state index < -0.39 is 0 Å². The van der Waals surface area contributed by atoms with Gasteiger partial charge in [-0.3, -0.25) is 4.79 Å². The van der Waals surface area contributed by atoms with E-state index in [1.165, 1.54) is 0 Å². The summed E-state index contributed by atoms with van der Waals surface area (Å²) in [5.74, 6) is 0.181. The zero-order chi connectivity index (χ0) is 22.4. The molecule has 0 heterocycles. The van der Waals surface area contributed by atoms with Crippen molar-refractivity contribution >= 4 is 17.7 Å². The summed E-state index contributed by atoms with van der Waals surface area (Å²) in [4.78, 5) is 38.0. The van der Waals surface area contributed by atoms with Gasteiger partial charge in [-0.15, -0.1) is 0 Å². The van der Waals surface area contributed by atoms with Gasteiger partial charge in [-0.05, 0) is 58.3 Å². The van der Waals surface area contributed by atoms with Crippen molar-refractivity contribution in [1.29, 1.82) is 0 Å². The van der Waals surface area contributed by atoms with Crippen molar-refractivity contribution < 1.29 is 23.9 Å². The molecule has 3 saturated carbocycles. The van der Waals surface area contributed by atoms with Gasteiger partial charge in [0, 0.05) is 34.3 Å². The van der Waals surface area contributed by atoms with E-state index in [2.05, 4.69) is 20.8 Å². The molecule has 0 aromatic rings. The third-order valence-corrected chi connectivity index (χ3v) is 8.39. The number of ether oxygens (including phenoxy) is 2. The zero-order valence-electron chi connectivity index (χ0n) is 19.4. The van der Waals surface area contributed by atoms with Crippen molar-refractivity contribution in [3.05, 3.63) is 23.3 Å². The molecule has 0 spiro atoms. The summed E-state index contributed by atoms with van der Waals surface area (Å²) < 4.78 is 11.7. The Bertz CT molecular complexity index is 808. The van der Waals surface area contributed by atoms with Crippen molar-refractivity contribution in [1.82, 2.24) is 0 Å². The van der Waals surface area contributed by atoms with E-state index in [9.17, 15) is 14.4 Å². The second-order valence-corrected chi connectivity index (χ2v) is 10.1. The van der Waals surface area contributed by atoms with Crippen LogP contribution in [0.2, 0.25) is 0 Å². The standard InChI is InChI=1S/C25H36O5/c1-8-14(3)22(27)29-13-24(6)11-10-18(30-23(28)15(4)9-2)25(7)19-16(5)12-17(26)20(25)21(19)24/h8-9,16,18-21H,10-13H2,1-7H3/b14-8-,15-9-/t16-,18-,19+,20-,21+,24-,25-/m1/s1. The Morgan fingerprint density at radius 3 is 2.23 bits per heavy atom. The van der Waals surface area contributed by atoms with Crippen LogP contribution in [0.5, 0.6) is 0 Å². The van der Waals surface area contributed by atoms with Gasteiger partial charge in [0.1, 0.15) is 11.9 Å². The molecule has 0 aliphatic heterocycles. The molecule has 0 saturated heterocycles. The largest absolute Gasteiger partial charge is 0.462 e. The molecule has 0 N–H and O–H groups in total. The number of rotatable bonds is 5. The monoisotopic (exact) mass is 416 g/mol. The summed E-state index contributed by atoms with van der Waals surface area (Å²) in [5.41, 5.74) is 0.523. The van der Waals surface area contributed by atoms with E-state index in [1.807, 2.05) is 13.8 Å². The predicted octanol–water partition coefficient (Wildman–Crippen LogP) is 4.65. The first-order chi connectivity index (χ1) is 14.0. The number of carbonyl (C=O) groups excluding carboxylic acids is 3. The van der Waals surface area contributed by atoms with Crippen LogP contribution in [-0.2, 0) is 23.9 Å². The highest BCUT2D eigenvalue weighted by Gasteiger charge is 2.74. The third-order valence-electron chi connectivity index (χ3n) is 8.39. The van der Waals surface area contributed by atoms with E-state index >= 15 is 0 Å². The molecule has 0 radical (unpaired) electrons. The van der Waals surface area contributed by atoms with Gasteiger partial charge < -0.3 is 9.47 Å². The number of hydrogen-bond acceptors (Lipinski definition) is 5. The van der Waals surface area contributed by atoms with E-state index in [0.717, 1.165) is 6.42 Å². The van der Waals surface area contributed by atoms with Gasteiger partial charge in [0.15, 0.2) is 0 Å². The van der Waals surface area contributed by atoms with Crippen LogP contribution in [-0.4, -0.2) is 30.4 Å². The van der Waals surface area contributed by atoms with Crippen LogP contribution >= 0.6 is 0 Å². The minimum atomic E-state index is -0.343. The maximum Gasteiger partial charge on any atom is 0.333 e. The van der Waals surface area contributed by atoms with Gasteiger partial charge in [-0.2, -0.15) is 0 Å². The average molecular weight is 417 g/mol. The van der Waals surface area contributed by atoms with E-state index in [-0.39, 0.29) is 58.3 Å². The molecule has 166 valence electrons. The van der Waals surface area contributed by atoms with E-state index in [0.29, 0.717) is 30.6 Å². The minimum Gasteiger partial charge on any atom is -0.462 e. The summed E-state index contributed by atoms with van der Waals surface area (Å²) in [6.07, 6.45) is 5.23. The molecule has 0 aromatic carbocycles. The van der Waals surface area contributed by atoms with Crippen LogP contribution in [0.3, 0.4) is 0 Å². The molecule has 3 aliphatic rings. The highest BCUT2D eigenvalue weighted by atomic mass is 16.5. The van der Waals surface area contributed by atoms with Crippen molar-refractivity contribution in [3.8, 4) is 0 Å². The normalized spacial score (nSPS) is 40.9. The minimum absolute atomic E-state index is 0.142. The fourth-order valence-corrected chi connectivity index (χ4v) is 6.50. The fourth-order valence-electron chi connectivity index (χ4n) is 6.50. The van der Waals surface area contributed by atoms with Crippen molar-refractivity contribution in [2.24, 2.45) is 34.5 Å². The summed E-state index contributed by atoms with van der Waals surface area (Å²) in [6.45, 7) is 13.9. The molecule has 0 amide bonds. The van der Waals surface area contributed by atoms with E-state index in [4.69, 9.17) is 9.47 Å². The van der Waals surface area contributed by atoms with Gasteiger partial charge in [-0.1, -0.05) is 32.9 Å². The zero-order valence-corrected chi connectivity index (χ0v) is 19.4. The predicted molar refractivity (Wildman–Crippen MR) is 114 cm³/mol. The quantitative estimate of drug-likeness (QED) is 0.482. The number of allylic oxidation sites excluding steroid dienone is 2. The molecule has 5 nitrogen and oxygen atoms in total. The second kappa shape index (κ2) is 7.97. The van der Waals surface area contributed by atoms with Crippen LogP contribution in [0.15, 0.2) is 23.3 Å². The van der Waals surface area contributed by atoms with Gasteiger partial charge in [0.05, 0.1) is 6.61 Å². The first-order valence-corrected chi connectivity index (χ1v) is 11.2. The SMILES string of the molecule is C/C=C(/C)C(=O)OC[C@@]1(C)CC[C@@H](OC(=O)/C(C)=C\C)[C@]2(C)[C@@H]3[C@H]1[C@H]2C(=O)C[C@H]3C. The Labute approximate surface area is 180 Å². The van der Waals surface area contributed by atoms with E-state index in [1.54, 1.807) is 26.0 Å². The highest BCUT2D eigenvalue weighted by molar-refractivity contribution is 5.89. The van der Waals surface area contributed by atoms with Gasteiger partial charge in [-0.25, -0.2) is 9.59 Å². The maximum atomic E-state index is 13.1. The number of ketones is 1. The molecule has 30 heavy (non-hydrogen) atoms. The fraction of sp³-hybridized carbons (Fsp3) is 0.720. The number of carbonyl (C=O) groups is 3. The average Bonchev–Trinajstić information content (AvgIpc) is 2.86. The van der Waals surface area contributed by atoms with Crippen molar-refractivity contribution in [2.75, 3.05) is 6.61 Å². The topological polar surface area (TPSA) is 69.7 Å². The third kappa shape index (κ3) is 3.34. The Morgan fingerprint density at radius 1 is 1.07 bits per heavy atom. The lowest BCUT2D eigenvalue weighted by Gasteiger charge is -2.68. The number of Topliss-reactive ketones (excluding diaryl/α,β-unsaturated/α-hetero) is 1. The van der Waals surface area contributed by atoms with Gasteiger partial charge >= 0.3 is 11.9 Å². The molecule has 3 aliphatic carbocycles.